The molecule has 100 valence electrons. The van der Waals surface area contributed by atoms with Crippen LogP contribution < -0.4 is 5.32 Å². The number of thioether (sulfide) groups is 1. The summed E-state index contributed by atoms with van der Waals surface area (Å²) in [4.78, 5) is 18.2. The van der Waals surface area contributed by atoms with Gasteiger partial charge in [0.25, 0.3) is 5.91 Å². The van der Waals surface area contributed by atoms with Crippen molar-refractivity contribution >= 4 is 23.4 Å². The number of carbonyl (C=O) groups excluding carboxylic acids is 1. The molecular formula is C13H21N3OS. The van der Waals surface area contributed by atoms with Crippen LogP contribution in [0.3, 0.4) is 0 Å². The molecule has 0 fully saturated rings. The van der Waals surface area contributed by atoms with E-state index >= 15 is 0 Å². The lowest BCUT2D eigenvalue weighted by Gasteiger charge is -2.25. The maximum absolute atomic E-state index is 12.4. The summed E-state index contributed by atoms with van der Waals surface area (Å²) in [5.74, 6) is 1.08. The zero-order valence-electron chi connectivity index (χ0n) is 11.4. The van der Waals surface area contributed by atoms with Crippen LogP contribution in [0.2, 0.25) is 0 Å². The van der Waals surface area contributed by atoms with Crippen molar-refractivity contribution < 1.29 is 4.79 Å². The second-order valence-corrected chi connectivity index (χ2v) is 5.20. The Morgan fingerprint density at radius 2 is 2.33 bits per heavy atom. The molecule has 0 saturated heterocycles. The third-order valence-electron chi connectivity index (χ3n) is 3.04. The second-order valence-electron chi connectivity index (χ2n) is 4.22. The molecule has 1 amide bonds. The highest BCUT2D eigenvalue weighted by Crippen LogP contribution is 2.17. The minimum absolute atomic E-state index is 0.0149. The quantitative estimate of drug-likeness (QED) is 0.859. The maximum Gasteiger partial charge on any atom is 0.257 e. The highest BCUT2D eigenvalue weighted by atomic mass is 32.2. The summed E-state index contributed by atoms with van der Waals surface area (Å²) in [5, 5.41) is 3.02. The largest absolute Gasteiger partial charge is 0.387 e. The molecule has 18 heavy (non-hydrogen) atoms. The van der Waals surface area contributed by atoms with E-state index in [-0.39, 0.29) is 11.9 Å². The van der Waals surface area contributed by atoms with Gasteiger partial charge in [0.05, 0.1) is 5.56 Å². The van der Waals surface area contributed by atoms with Crippen LogP contribution in [0.25, 0.3) is 0 Å². The van der Waals surface area contributed by atoms with Gasteiger partial charge in [-0.2, -0.15) is 11.8 Å². The maximum atomic E-state index is 12.4. The Morgan fingerprint density at radius 1 is 1.61 bits per heavy atom. The van der Waals surface area contributed by atoms with Gasteiger partial charge in [0, 0.05) is 38.2 Å². The average molecular weight is 267 g/mol. The summed E-state index contributed by atoms with van der Waals surface area (Å²) in [6, 6.07) is 2.04. The van der Waals surface area contributed by atoms with Gasteiger partial charge < -0.3 is 10.2 Å². The van der Waals surface area contributed by atoms with Crippen molar-refractivity contribution in [2.24, 2.45) is 0 Å². The summed E-state index contributed by atoms with van der Waals surface area (Å²) in [6.07, 6.45) is 6.37. The fraction of sp³-hybridized carbons (Fsp3) is 0.538. The Morgan fingerprint density at radius 3 is 2.94 bits per heavy atom. The van der Waals surface area contributed by atoms with Crippen LogP contribution in [0, 0.1) is 0 Å². The first-order valence-corrected chi connectivity index (χ1v) is 7.39. The zero-order chi connectivity index (χ0) is 13.5. The Hall–Kier alpha value is -1.23. The van der Waals surface area contributed by atoms with Crippen molar-refractivity contribution in [3.8, 4) is 0 Å². The number of aromatic nitrogens is 1. The fourth-order valence-electron chi connectivity index (χ4n) is 1.66. The Labute approximate surface area is 113 Å². The normalized spacial score (nSPS) is 12.0. The number of nitrogens with zero attached hydrogens (tertiary/aromatic N) is 2. The van der Waals surface area contributed by atoms with Crippen molar-refractivity contribution in [2.45, 2.75) is 19.4 Å². The molecule has 0 aliphatic rings. The van der Waals surface area contributed by atoms with E-state index < -0.39 is 0 Å². The van der Waals surface area contributed by atoms with Crippen molar-refractivity contribution in [1.82, 2.24) is 9.88 Å². The van der Waals surface area contributed by atoms with Crippen LogP contribution >= 0.6 is 11.8 Å². The molecule has 0 saturated carbocycles. The third-order valence-corrected chi connectivity index (χ3v) is 3.69. The fourth-order valence-corrected chi connectivity index (χ4v) is 2.23. The Kier molecular flexibility index (Phi) is 5.98. The number of amides is 1. The zero-order valence-corrected chi connectivity index (χ0v) is 12.3. The lowest BCUT2D eigenvalue weighted by Crippen LogP contribution is -2.35. The molecule has 1 unspecified atom stereocenters. The van der Waals surface area contributed by atoms with E-state index in [1.165, 1.54) is 0 Å². The van der Waals surface area contributed by atoms with Crippen molar-refractivity contribution in [3.63, 3.8) is 0 Å². The van der Waals surface area contributed by atoms with Crippen LogP contribution in [0.5, 0.6) is 0 Å². The molecule has 1 atom stereocenters. The molecule has 0 bridgehead atoms. The molecule has 1 N–H and O–H groups in total. The van der Waals surface area contributed by atoms with E-state index in [0.717, 1.165) is 17.9 Å². The summed E-state index contributed by atoms with van der Waals surface area (Å²) in [6.45, 7) is 2.07. The highest BCUT2D eigenvalue weighted by molar-refractivity contribution is 7.98. The van der Waals surface area contributed by atoms with E-state index in [1.54, 1.807) is 29.1 Å². The number of hydrogen-bond acceptors (Lipinski definition) is 4. The molecule has 1 aromatic heterocycles. The molecule has 5 heteroatoms. The van der Waals surface area contributed by atoms with Gasteiger partial charge in [-0.3, -0.25) is 9.78 Å². The minimum Gasteiger partial charge on any atom is -0.387 e. The lowest BCUT2D eigenvalue weighted by atomic mass is 10.1. The smallest absolute Gasteiger partial charge is 0.257 e. The van der Waals surface area contributed by atoms with Gasteiger partial charge >= 0.3 is 0 Å². The van der Waals surface area contributed by atoms with Gasteiger partial charge in [0.1, 0.15) is 0 Å². The summed E-state index contributed by atoms with van der Waals surface area (Å²) in [7, 11) is 3.66. The number of carbonyl (C=O) groups is 1. The second kappa shape index (κ2) is 7.26. The number of nitrogens with one attached hydrogen (secondary N) is 1. The SMILES string of the molecule is CNc1ccncc1C(=O)N(C)C(C)CCSC. The molecule has 0 spiro atoms. The van der Waals surface area contributed by atoms with Gasteiger partial charge in [0.2, 0.25) is 0 Å². The monoisotopic (exact) mass is 267 g/mol. The predicted molar refractivity (Wildman–Crippen MR) is 78.3 cm³/mol. The van der Waals surface area contributed by atoms with Gasteiger partial charge in [-0.15, -0.1) is 0 Å². The summed E-state index contributed by atoms with van der Waals surface area (Å²) < 4.78 is 0. The van der Waals surface area contributed by atoms with Crippen LogP contribution in [-0.4, -0.2) is 47.9 Å². The van der Waals surface area contributed by atoms with Crippen molar-refractivity contribution in [3.05, 3.63) is 24.0 Å². The van der Waals surface area contributed by atoms with E-state index in [2.05, 4.69) is 23.5 Å². The lowest BCUT2D eigenvalue weighted by molar-refractivity contribution is 0.0742. The van der Waals surface area contributed by atoms with Gasteiger partial charge in [-0.05, 0) is 31.4 Å². The van der Waals surface area contributed by atoms with Gasteiger partial charge in [-0.25, -0.2) is 0 Å². The number of hydrogen-bond donors (Lipinski definition) is 1. The number of rotatable bonds is 6. The molecule has 1 heterocycles. The number of pyridine rings is 1. The average Bonchev–Trinajstić information content (AvgIpc) is 2.42. The summed E-state index contributed by atoms with van der Waals surface area (Å²) in [5.41, 5.74) is 1.44. The molecule has 1 aromatic rings. The molecule has 0 aromatic carbocycles. The van der Waals surface area contributed by atoms with Crippen LogP contribution in [-0.2, 0) is 0 Å². The van der Waals surface area contributed by atoms with Crippen molar-refractivity contribution in [2.75, 3.05) is 31.4 Å². The standard InChI is InChI=1S/C13H21N3OS/c1-10(6-8-18-4)16(3)13(17)11-9-15-7-5-12(11)14-2/h5,7,9-10H,6,8H2,1-4H3,(H,14,15). The molecular weight excluding hydrogens is 246 g/mol. The van der Waals surface area contributed by atoms with Crippen LogP contribution in [0.4, 0.5) is 5.69 Å². The summed E-state index contributed by atoms with van der Waals surface area (Å²) >= 11 is 1.80. The topological polar surface area (TPSA) is 45.2 Å². The van der Waals surface area contributed by atoms with E-state index in [4.69, 9.17) is 0 Å². The van der Waals surface area contributed by atoms with Gasteiger partial charge in [-0.1, -0.05) is 0 Å². The number of anilines is 1. The minimum atomic E-state index is 0.0149. The van der Waals surface area contributed by atoms with Crippen molar-refractivity contribution in [1.29, 1.82) is 0 Å². The van der Waals surface area contributed by atoms with Crippen LogP contribution in [0.1, 0.15) is 23.7 Å². The first-order chi connectivity index (χ1) is 8.61. The molecule has 0 aliphatic carbocycles. The first kappa shape index (κ1) is 14.8. The van der Waals surface area contributed by atoms with Gasteiger partial charge in [0.15, 0.2) is 0 Å². The van der Waals surface area contributed by atoms with E-state index in [0.29, 0.717) is 5.56 Å². The third kappa shape index (κ3) is 3.63. The molecule has 1 rings (SSSR count). The predicted octanol–water partition coefficient (Wildman–Crippen LogP) is 2.34. The molecule has 4 nitrogen and oxygen atoms in total. The highest BCUT2D eigenvalue weighted by Gasteiger charge is 2.19. The van der Waals surface area contributed by atoms with Crippen LogP contribution in [0.15, 0.2) is 18.5 Å². The molecule has 0 aliphatic heterocycles. The first-order valence-electron chi connectivity index (χ1n) is 5.99. The van der Waals surface area contributed by atoms with E-state index in [9.17, 15) is 4.79 Å². The molecule has 0 radical (unpaired) electrons. The Bertz CT molecular complexity index is 398. The Balaban J connectivity index is 2.79. The van der Waals surface area contributed by atoms with E-state index in [1.807, 2.05) is 20.2 Å².